The highest BCUT2D eigenvalue weighted by molar-refractivity contribution is 8.00. The number of carbonyl (C=O) groups excluding carboxylic acids is 2. The lowest BCUT2D eigenvalue weighted by Crippen LogP contribution is -2.39. The van der Waals surface area contributed by atoms with Crippen LogP contribution < -0.4 is 11.1 Å². The second-order valence-corrected chi connectivity index (χ2v) is 6.71. The molecule has 7 nitrogen and oxygen atoms in total. The number of nitrogens with two attached hydrogens (primary N) is 1. The van der Waals surface area contributed by atoms with Crippen molar-refractivity contribution in [3.8, 4) is 5.69 Å². The third kappa shape index (κ3) is 3.53. The Kier molecular flexibility index (Phi) is 4.33. The fourth-order valence-electron chi connectivity index (χ4n) is 2.22. The predicted molar refractivity (Wildman–Crippen MR) is 86.4 cm³/mol. The van der Waals surface area contributed by atoms with Gasteiger partial charge in [-0.2, -0.15) is 0 Å². The van der Waals surface area contributed by atoms with Crippen LogP contribution in [0.25, 0.3) is 5.69 Å². The van der Waals surface area contributed by atoms with Crippen LogP contribution in [0.1, 0.15) is 31.5 Å². The number of urea groups is 1. The molecular formula is C15H17N5O2S. The van der Waals surface area contributed by atoms with Gasteiger partial charge in [-0.15, -0.1) is 10.2 Å². The fourth-order valence-corrected chi connectivity index (χ4v) is 3.09. The van der Waals surface area contributed by atoms with Crippen LogP contribution in [0, 0.1) is 0 Å². The molecule has 8 heteroatoms. The van der Waals surface area contributed by atoms with Gasteiger partial charge in [-0.05, 0) is 31.9 Å². The van der Waals surface area contributed by atoms with Crippen molar-refractivity contribution in [2.75, 3.05) is 0 Å². The van der Waals surface area contributed by atoms with Gasteiger partial charge in [0.1, 0.15) is 5.82 Å². The summed E-state index contributed by atoms with van der Waals surface area (Å²) in [5.74, 6) is 0.895. The van der Waals surface area contributed by atoms with Crippen molar-refractivity contribution in [2.45, 2.75) is 36.1 Å². The van der Waals surface area contributed by atoms with Crippen LogP contribution in [0.5, 0.6) is 0 Å². The Morgan fingerprint density at radius 1 is 1.30 bits per heavy atom. The first-order chi connectivity index (χ1) is 11.1. The first-order valence-electron chi connectivity index (χ1n) is 7.34. The molecule has 3 rings (SSSR count). The van der Waals surface area contributed by atoms with Gasteiger partial charge in [0.15, 0.2) is 5.16 Å². The number of nitrogens with one attached hydrogen (secondary N) is 1. The van der Waals surface area contributed by atoms with Gasteiger partial charge >= 0.3 is 6.03 Å². The fraction of sp³-hybridized carbons (Fsp3) is 0.333. The number of primary amides is 1. The van der Waals surface area contributed by atoms with E-state index in [1.165, 1.54) is 11.8 Å². The van der Waals surface area contributed by atoms with Gasteiger partial charge in [0.05, 0.1) is 5.25 Å². The van der Waals surface area contributed by atoms with Crippen molar-refractivity contribution in [1.82, 2.24) is 20.1 Å². The quantitative estimate of drug-likeness (QED) is 0.814. The van der Waals surface area contributed by atoms with E-state index in [2.05, 4.69) is 15.5 Å². The van der Waals surface area contributed by atoms with Crippen LogP contribution in [-0.2, 0) is 4.79 Å². The minimum Gasteiger partial charge on any atom is -0.351 e. The molecule has 1 aromatic heterocycles. The summed E-state index contributed by atoms with van der Waals surface area (Å²) >= 11 is 1.25. The van der Waals surface area contributed by atoms with E-state index in [4.69, 9.17) is 5.73 Å². The molecule has 2 aromatic rings. The molecule has 1 saturated carbocycles. The van der Waals surface area contributed by atoms with Gasteiger partial charge in [-0.1, -0.05) is 30.0 Å². The standard InChI is InChI=1S/C15H17N5O2S/c1-9(13(21)17-14(16)22)23-15-19-18-12(10-7-8-10)20(15)11-5-3-2-4-6-11/h2-6,9-10H,7-8H2,1H3,(H3,16,17,21,22)/t9-/m0/s1. The summed E-state index contributed by atoms with van der Waals surface area (Å²) in [6, 6.07) is 8.94. The molecule has 0 unspecified atom stereocenters. The smallest absolute Gasteiger partial charge is 0.318 e. The minimum absolute atomic E-state index is 0.423. The Morgan fingerprint density at radius 2 is 2.00 bits per heavy atom. The van der Waals surface area contributed by atoms with Gasteiger partial charge < -0.3 is 5.73 Å². The van der Waals surface area contributed by atoms with E-state index in [0.717, 1.165) is 24.4 Å². The molecule has 1 atom stereocenters. The Balaban J connectivity index is 1.88. The van der Waals surface area contributed by atoms with Gasteiger partial charge in [0.2, 0.25) is 5.91 Å². The molecular weight excluding hydrogens is 314 g/mol. The van der Waals surface area contributed by atoms with Crippen molar-refractivity contribution in [3.63, 3.8) is 0 Å². The average molecular weight is 331 g/mol. The van der Waals surface area contributed by atoms with Crippen LogP contribution in [-0.4, -0.2) is 32.0 Å². The van der Waals surface area contributed by atoms with E-state index < -0.39 is 17.2 Å². The first kappa shape index (κ1) is 15.5. The number of nitrogens with zero attached hydrogens (tertiary/aromatic N) is 3. The van der Waals surface area contributed by atoms with Crippen LogP contribution in [0.4, 0.5) is 4.79 Å². The molecule has 1 fully saturated rings. The monoisotopic (exact) mass is 331 g/mol. The molecule has 3 amide bonds. The summed E-state index contributed by atoms with van der Waals surface area (Å²) in [4.78, 5) is 22.7. The van der Waals surface area contributed by atoms with Crippen molar-refractivity contribution < 1.29 is 9.59 Å². The maximum atomic E-state index is 11.9. The Morgan fingerprint density at radius 3 is 2.61 bits per heavy atom. The summed E-state index contributed by atoms with van der Waals surface area (Å²) in [6.07, 6.45) is 2.21. The van der Waals surface area contributed by atoms with Crippen LogP contribution in [0.3, 0.4) is 0 Å². The number of imide groups is 1. The molecule has 0 bridgehead atoms. The molecule has 1 aliphatic carbocycles. The predicted octanol–water partition coefficient (Wildman–Crippen LogP) is 1.82. The molecule has 1 aromatic carbocycles. The summed E-state index contributed by atoms with van der Waals surface area (Å²) in [6.45, 7) is 1.70. The van der Waals surface area contributed by atoms with Gasteiger partial charge in [0, 0.05) is 11.6 Å². The summed E-state index contributed by atoms with van der Waals surface area (Å²) in [5.41, 5.74) is 5.95. The minimum atomic E-state index is -0.856. The third-order valence-electron chi connectivity index (χ3n) is 3.51. The van der Waals surface area contributed by atoms with Crippen molar-refractivity contribution in [3.05, 3.63) is 36.2 Å². The first-order valence-corrected chi connectivity index (χ1v) is 8.22. The number of hydrogen-bond acceptors (Lipinski definition) is 5. The van der Waals surface area contributed by atoms with Crippen LogP contribution in [0.2, 0.25) is 0 Å². The summed E-state index contributed by atoms with van der Waals surface area (Å²) in [7, 11) is 0. The number of rotatable bonds is 5. The van der Waals surface area contributed by atoms with E-state index >= 15 is 0 Å². The molecule has 0 aliphatic heterocycles. The highest BCUT2D eigenvalue weighted by atomic mass is 32.2. The molecule has 0 radical (unpaired) electrons. The largest absolute Gasteiger partial charge is 0.351 e. The Bertz CT molecular complexity index is 727. The van der Waals surface area contributed by atoms with Gasteiger partial charge in [-0.25, -0.2) is 4.79 Å². The van der Waals surface area contributed by atoms with Crippen molar-refractivity contribution in [1.29, 1.82) is 0 Å². The lowest BCUT2D eigenvalue weighted by atomic mass is 10.3. The highest BCUT2D eigenvalue weighted by Gasteiger charge is 2.31. The number of para-hydroxylation sites is 1. The lowest BCUT2D eigenvalue weighted by molar-refractivity contribution is -0.119. The second kappa shape index (κ2) is 6.41. The van der Waals surface area contributed by atoms with E-state index in [0.29, 0.717) is 11.1 Å². The number of benzene rings is 1. The topological polar surface area (TPSA) is 103 Å². The number of thioether (sulfide) groups is 1. The highest BCUT2D eigenvalue weighted by Crippen LogP contribution is 2.41. The van der Waals surface area contributed by atoms with E-state index in [1.54, 1.807) is 6.92 Å². The lowest BCUT2D eigenvalue weighted by Gasteiger charge is -2.12. The van der Waals surface area contributed by atoms with Gasteiger partial charge in [-0.3, -0.25) is 14.7 Å². The number of amides is 3. The third-order valence-corrected chi connectivity index (χ3v) is 4.56. The molecule has 23 heavy (non-hydrogen) atoms. The van der Waals surface area contributed by atoms with E-state index in [-0.39, 0.29) is 0 Å². The molecule has 120 valence electrons. The van der Waals surface area contributed by atoms with Gasteiger partial charge in [0.25, 0.3) is 0 Å². The van der Waals surface area contributed by atoms with Crippen LogP contribution >= 0.6 is 11.8 Å². The molecule has 0 saturated heterocycles. The Hall–Kier alpha value is -2.35. The van der Waals surface area contributed by atoms with E-state index in [9.17, 15) is 9.59 Å². The molecule has 3 N–H and O–H groups in total. The molecule has 0 spiro atoms. The second-order valence-electron chi connectivity index (χ2n) is 5.40. The zero-order valence-electron chi connectivity index (χ0n) is 12.6. The number of hydrogen-bond donors (Lipinski definition) is 2. The molecule has 1 heterocycles. The zero-order chi connectivity index (χ0) is 16.4. The molecule has 1 aliphatic rings. The zero-order valence-corrected chi connectivity index (χ0v) is 13.4. The number of carbonyl (C=O) groups is 2. The maximum absolute atomic E-state index is 11.9. The Labute approximate surface area is 137 Å². The average Bonchev–Trinajstić information content (AvgIpc) is 3.28. The maximum Gasteiger partial charge on any atom is 0.318 e. The van der Waals surface area contributed by atoms with Crippen molar-refractivity contribution >= 4 is 23.7 Å². The van der Waals surface area contributed by atoms with E-state index in [1.807, 2.05) is 34.9 Å². The summed E-state index contributed by atoms with van der Waals surface area (Å²) < 4.78 is 1.98. The van der Waals surface area contributed by atoms with Crippen molar-refractivity contribution in [2.24, 2.45) is 5.73 Å². The number of aromatic nitrogens is 3. The van der Waals surface area contributed by atoms with Crippen LogP contribution in [0.15, 0.2) is 35.5 Å². The SMILES string of the molecule is C[C@H](Sc1nnc(C2CC2)n1-c1ccccc1)C(=O)NC(N)=O. The summed E-state index contributed by atoms with van der Waals surface area (Å²) in [5, 5.41) is 10.7. The normalized spacial score (nSPS) is 15.2.